The molecule has 8 heteroatoms. The van der Waals surface area contributed by atoms with E-state index in [2.05, 4.69) is 159 Å². The molecular weight excluding hydrogens is 987 g/mol. The second-order valence-electron chi connectivity index (χ2n) is 21.4. The maximum absolute atomic E-state index is 11.8. The van der Waals surface area contributed by atoms with Gasteiger partial charge in [0.15, 0.2) is 0 Å². The molecule has 0 bridgehead atoms. The lowest BCUT2D eigenvalue weighted by Gasteiger charge is -2.19. The number of hydrogen-bond donors (Lipinski definition) is 3. The van der Waals surface area contributed by atoms with Gasteiger partial charge < -0.3 is 24.8 Å². The van der Waals surface area contributed by atoms with E-state index in [0.29, 0.717) is 18.4 Å². The summed E-state index contributed by atoms with van der Waals surface area (Å²) in [4.78, 5) is 35.3. The molecule has 2 unspecified atom stereocenters. The fourth-order valence-electron chi connectivity index (χ4n) is 8.63. The van der Waals surface area contributed by atoms with Crippen LogP contribution in [0.5, 0.6) is 0 Å². The molecule has 2 aromatic heterocycles. The van der Waals surface area contributed by atoms with Gasteiger partial charge in [-0.1, -0.05) is 212 Å². The predicted octanol–water partition coefficient (Wildman–Crippen LogP) is 16.8. The number of para-hydroxylation sites is 2. The third kappa shape index (κ3) is 17.4. The molecule has 9 aromatic rings. The average molecular weight is 1060 g/mol. The number of amides is 3. The molecule has 410 valence electrons. The molecule has 9 rings (SSSR count). The van der Waals surface area contributed by atoms with Crippen molar-refractivity contribution in [3.8, 4) is 0 Å². The van der Waals surface area contributed by atoms with Gasteiger partial charge in [0.1, 0.15) is 22.3 Å². The van der Waals surface area contributed by atoms with Crippen LogP contribution in [-0.4, -0.2) is 36.9 Å². The number of benzene rings is 7. The Morgan fingerprint density at radius 2 is 0.950 bits per heavy atom. The minimum atomic E-state index is -0.0965. The zero-order chi connectivity index (χ0) is 56.9. The molecule has 2 heterocycles. The number of fused-ring (bicyclic) bond motifs is 9. The van der Waals surface area contributed by atoms with Crippen LogP contribution in [0.3, 0.4) is 0 Å². The first kappa shape index (κ1) is 58.9. The molecule has 0 spiro atoms. The van der Waals surface area contributed by atoms with Crippen molar-refractivity contribution in [2.24, 2.45) is 17.3 Å². The van der Waals surface area contributed by atoms with Crippen molar-refractivity contribution < 1.29 is 23.2 Å². The van der Waals surface area contributed by atoms with Crippen LogP contribution in [0.2, 0.25) is 0 Å². The molecule has 7 aromatic carbocycles. The third-order valence-electron chi connectivity index (χ3n) is 14.2. The van der Waals surface area contributed by atoms with Crippen molar-refractivity contribution in [3.63, 3.8) is 0 Å². The van der Waals surface area contributed by atoms with E-state index in [1.807, 2.05) is 93.6 Å². The maximum Gasteiger partial charge on any atom is 0.244 e. The van der Waals surface area contributed by atoms with E-state index in [0.717, 1.165) is 76.1 Å². The summed E-state index contributed by atoms with van der Waals surface area (Å²) in [6.07, 6.45) is 27.4. The van der Waals surface area contributed by atoms with E-state index in [1.165, 1.54) is 38.2 Å². The van der Waals surface area contributed by atoms with Crippen LogP contribution in [0.4, 0.5) is 0 Å². The summed E-state index contributed by atoms with van der Waals surface area (Å²) >= 11 is 0. The topological polar surface area (TPSA) is 114 Å². The zero-order valence-electron chi connectivity index (χ0n) is 47.5. The second-order valence-corrected chi connectivity index (χ2v) is 21.4. The Balaban J connectivity index is 0.000000174. The summed E-state index contributed by atoms with van der Waals surface area (Å²) in [7, 11) is 0. The predicted molar refractivity (Wildman–Crippen MR) is 337 cm³/mol. The molecule has 0 radical (unpaired) electrons. The molecule has 0 aliphatic rings. The molecule has 0 fully saturated rings. The highest BCUT2D eigenvalue weighted by molar-refractivity contribution is 6.08. The van der Waals surface area contributed by atoms with Crippen LogP contribution in [0, 0.1) is 17.3 Å². The van der Waals surface area contributed by atoms with Crippen LogP contribution in [0.15, 0.2) is 234 Å². The van der Waals surface area contributed by atoms with E-state index in [1.54, 1.807) is 36.5 Å². The molecule has 0 aliphatic heterocycles. The third-order valence-corrected chi connectivity index (χ3v) is 14.2. The molecule has 0 aliphatic carbocycles. The molecule has 2 atom stereocenters. The van der Waals surface area contributed by atoms with Gasteiger partial charge in [-0.05, 0) is 118 Å². The van der Waals surface area contributed by atoms with Gasteiger partial charge in [0, 0.05) is 58.9 Å². The summed E-state index contributed by atoms with van der Waals surface area (Å²) in [6, 6.07) is 48.3. The van der Waals surface area contributed by atoms with Crippen molar-refractivity contribution in [1.82, 2.24) is 16.0 Å². The van der Waals surface area contributed by atoms with Crippen molar-refractivity contribution >= 4 is 83.1 Å². The summed E-state index contributed by atoms with van der Waals surface area (Å²) in [5.74, 6) is 0.758. The van der Waals surface area contributed by atoms with Crippen LogP contribution in [0.25, 0.3) is 65.4 Å². The summed E-state index contributed by atoms with van der Waals surface area (Å²) in [5, 5.41) is 18.4. The first-order valence-corrected chi connectivity index (χ1v) is 27.9. The second kappa shape index (κ2) is 29.3. The number of nitrogens with one attached hydrogen (secondary N) is 3. The van der Waals surface area contributed by atoms with Crippen LogP contribution < -0.4 is 16.0 Å². The zero-order valence-corrected chi connectivity index (χ0v) is 47.5. The highest BCUT2D eigenvalue weighted by Gasteiger charge is 2.13. The fraction of sp³-hybridized carbons (Fsp3) is 0.236. The van der Waals surface area contributed by atoms with Crippen LogP contribution in [-0.2, 0) is 33.6 Å². The van der Waals surface area contributed by atoms with Gasteiger partial charge in [-0.2, -0.15) is 0 Å². The molecule has 0 saturated heterocycles. The van der Waals surface area contributed by atoms with E-state index in [4.69, 9.17) is 8.83 Å². The lowest BCUT2D eigenvalue weighted by molar-refractivity contribution is -0.118. The lowest BCUT2D eigenvalue weighted by Crippen LogP contribution is -2.34. The van der Waals surface area contributed by atoms with Gasteiger partial charge in [-0.15, -0.1) is 6.58 Å². The smallest absolute Gasteiger partial charge is 0.244 e. The lowest BCUT2D eigenvalue weighted by atomic mass is 9.94. The Morgan fingerprint density at radius 3 is 1.49 bits per heavy atom. The van der Waals surface area contributed by atoms with Gasteiger partial charge >= 0.3 is 0 Å². The standard InChI is InChI=1S/C26H27NO.2C23H25NO2/c1-4-26(2,3)19-27-25(28)13-7-5-6-10-20-14-17-24-22(18-20)16-15-21-11-8-9-12-23(21)24;1-16(2)17(3)24-23(25)12-6-4-5-9-18-13-14-22-20(15-18)19-10-7-8-11-21(19)26-22;1-3-17(2)16-24-23(25)12-6-4-5-9-18-13-14-22-20(15-18)19-10-7-8-11-21(19)26-22/h4-9,11-18H,1,10,19H2,2-3H3,(H,27,28);4-8,10-17H,9H2,1-3H3,(H,24,25);4-8,10-15,17H,3,9,16H2,1-2H3,(H,24,25)/b6-5+,13-7+;2*5-4+,12-6+. The van der Waals surface area contributed by atoms with Crippen LogP contribution >= 0.6 is 0 Å². The number of carbonyl (C=O) groups is 3. The SMILES string of the molecule is C=CC(C)(C)CNC(=O)/C=C/C=C/Cc1ccc2c(ccc3ccccc32)c1.CC(C)C(C)NC(=O)/C=C/C=C/Cc1ccc2oc3ccccc3c2c1.CCC(C)CNC(=O)/C=C/C=C/Cc1ccc2oc3ccccc3c2c1. The normalized spacial score (nSPS) is 12.9. The van der Waals surface area contributed by atoms with Crippen molar-refractivity contribution in [3.05, 3.63) is 242 Å². The number of hydrogen-bond acceptors (Lipinski definition) is 5. The van der Waals surface area contributed by atoms with E-state index in [9.17, 15) is 14.4 Å². The Morgan fingerprint density at radius 1 is 0.500 bits per heavy atom. The average Bonchev–Trinajstić information content (AvgIpc) is 4.06. The summed E-state index contributed by atoms with van der Waals surface area (Å²) < 4.78 is 11.7. The minimum Gasteiger partial charge on any atom is -0.456 e. The Kier molecular flexibility index (Phi) is 21.6. The molecular formula is C72H77N3O5. The van der Waals surface area contributed by atoms with Gasteiger partial charge in [0.2, 0.25) is 17.7 Å². The van der Waals surface area contributed by atoms with E-state index >= 15 is 0 Å². The van der Waals surface area contributed by atoms with Crippen molar-refractivity contribution in [1.29, 1.82) is 0 Å². The summed E-state index contributed by atoms with van der Waals surface area (Å²) in [6.45, 7) is 19.6. The maximum atomic E-state index is 11.8. The molecule has 3 amide bonds. The van der Waals surface area contributed by atoms with Gasteiger partial charge in [-0.3, -0.25) is 14.4 Å². The first-order chi connectivity index (χ1) is 38.7. The Hall–Kier alpha value is -8.75. The Bertz CT molecular complexity index is 3750. The minimum absolute atomic E-state index is 0.0405. The summed E-state index contributed by atoms with van der Waals surface area (Å²) in [5.41, 5.74) is 7.25. The van der Waals surface area contributed by atoms with Gasteiger partial charge in [-0.25, -0.2) is 0 Å². The highest BCUT2D eigenvalue weighted by atomic mass is 16.3. The van der Waals surface area contributed by atoms with E-state index in [-0.39, 0.29) is 29.2 Å². The van der Waals surface area contributed by atoms with Crippen molar-refractivity contribution in [2.75, 3.05) is 13.1 Å². The Labute approximate surface area is 472 Å². The molecule has 0 saturated carbocycles. The number of allylic oxidation sites excluding steroid dienone is 9. The number of furan rings is 2. The first-order valence-electron chi connectivity index (χ1n) is 27.9. The van der Waals surface area contributed by atoms with Crippen LogP contribution in [0.1, 0.15) is 71.6 Å². The largest absolute Gasteiger partial charge is 0.456 e. The van der Waals surface area contributed by atoms with Crippen molar-refractivity contribution in [2.45, 2.75) is 80.2 Å². The monoisotopic (exact) mass is 1060 g/mol. The molecule has 3 N–H and O–H groups in total. The fourth-order valence-corrected chi connectivity index (χ4v) is 8.63. The highest BCUT2D eigenvalue weighted by Crippen LogP contribution is 2.31. The molecule has 80 heavy (non-hydrogen) atoms. The van der Waals surface area contributed by atoms with E-state index < -0.39 is 0 Å². The number of carbonyl (C=O) groups excluding carboxylic acids is 3. The quantitative estimate of drug-likeness (QED) is 0.0305. The van der Waals surface area contributed by atoms with Gasteiger partial charge in [0.05, 0.1) is 0 Å². The molecule has 8 nitrogen and oxygen atoms in total. The number of rotatable bonds is 20. The van der Waals surface area contributed by atoms with Gasteiger partial charge in [0.25, 0.3) is 0 Å².